The fraction of sp³-hybridized carbons (Fsp3) is 0. The molecule has 0 saturated heterocycles. The lowest BCUT2D eigenvalue weighted by atomic mass is 10.1. The first kappa shape index (κ1) is 17.5. The molecule has 0 atom stereocenters. The maximum Gasteiger partial charge on any atom is 0.337 e. The van der Waals surface area contributed by atoms with E-state index in [1.54, 1.807) is 42.6 Å². The highest BCUT2D eigenvalue weighted by Crippen LogP contribution is 2.27. The lowest BCUT2D eigenvalue weighted by Gasteiger charge is -2.02. The number of aliphatic imine (C=N–C) groups is 1. The van der Waals surface area contributed by atoms with Gasteiger partial charge in [0.2, 0.25) is 0 Å². The van der Waals surface area contributed by atoms with Gasteiger partial charge in [0.1, 0.15) is 0 Å². The third-order valence-electron chi connectivity index (χ3n) is 3.47. The molecule has 0 aliphatic heterocycles. The molecule has 3 rings (SSSR count). The predicted molar refractivity (Wildman–Crippen MR) is 103 cm³/mol. The third kappa shape index (κ3) is 4.62. The summed E-state index contributed by atoms with van der Waals surface area (Å²) in [6, 6.07) is 21.0. The van der Waals surface area contributed by atoms with Crippen LogP contribution in [0.25, 0.3) is 0 Å². The van der Waals surface area contributed by atoms with Crippen molar-refractivity contribution in [1.82, 2.24) is 0 Å². The molecular formula is C20H14ClN3O2. The fourth-order valence-corrected chi connectivity index (χ4v) is 2.30. The Hall–Kier alpha value is -3.31. The molecule has 3 aromatic rings. The van der Waals surface area contributed by atoms with Gasteiger partial charge in [-0.25, -0.2) is 4.79 Å². The Morgan fingerprint density at radius 2 is 1.54 bits per heavy atom. The summed E-state index contributed by atoms with van der Waals surface area (Å²) in [4.78, 5) is 15.8. The molecule has 0 aromatic heterocycles. The first-order valence-electron chi connectivity index (χ1n) is 7.75. The maximum atomic E-state index is 11.5. The van der Waals surface area contributed by atoms with Crippen LogP contribution in [0.3, 0.4) is 0 Å². The van der Waals surface area contributed by atoms with Crippen molar-refractivity contribution < 1.29 is 9.90 Å². The minimum Gasteiger partial charge on any atom is -0.478 e. The molecule has 0 unspecified atom stereocenters. The molecule has 0 spiro atoms. The summed E-state index contributed by atoms with van der Waals surface area (Å²) in [5, 5.41) is 18.2. The van der Waals surface area contributed by atoms with Crippen LogP contribution in [0.5, 0.6) is 0 Å². The highest BCUT2D eigenvalue weighted by atomic mass is 35.5. The zero-order valence-corrected chi connectivity index (χ0v) is 14.3. The van der Waals surface area contributed by atoms with Crippen LogP contribution in [0.1, 0.15) is 15.9 Å². The third-order valence-corrected chi connectivity index (χ3v) is 3.72. The Morgan fingerprint density at radius 3 is 2.23 bits per heavy atom. The average Bonchev–Trinajstić information content (AvgIpc) is 2.67. The maximum absolute atomic E-state index is 11.5. The number of carboxylic acid groups (broad SMARTS) is 1. The first-order valence-corrected chi connectivity index (χ1v) is 8.13. The van der Waals surface area contributed by atoms with Gasteiger partial charge in [0.25, 0.3) is 0 Å². The average molecular weight is 364 g/mol. The number of benzene rings is 3. The van der Waals surface area contributed by atoms with Gasteiger partial charge >= 0.3 is 5.97 Å². The first-order chi connectivity index (χ1) is 12.6. The van der Waals surface area contributed by atoms with Crippen molar-refractivity contribution >= 4 is 40.8 Å². The molecule has 0 aliphatic rings. The van der Waals surface area contributed by atoms with Gasteiger partial charge < -0.3 is 5.11 Å². The van der Waals surface area contributed by atoms with Gasteiger partial charge in [-0.1, -0.05) is 41.9 Å². The second kappa shape index (κ2) is 8.18. The van der Waals surface area contributed by atoms with Crippen molar-refractivity contribution in [3.05, 3.63) is 88.9 Å². The van der Waals surface area contributed by atoms with Crippen molar-refractivity contribution in [3.63, 3.8) is 0 Å². The number of nitrogens with zero attached hydrogens (tertiary/aromatic N) is 3. The van der Waals surface area contributed by atoms with E-state index in [4.69, 9.17) is 11.6 Å². The van der Waals surface area contributed by atoms with Crippen molar-refractivity contribution in [2.24, 2.45) is 15.2 Å². The van der Waals surface area contributed by atoms with Crippen LogP contribution < -0.4 is 0 Å². The number of rotatable bonds is 5. The van der Waals surface area contributed by atoms with E-state index in [2.05, 4.69) is 15.2 Å². The summed E-state index contributed by atoms with van der Waals surface area (Å²) in [6.07, 6.45) is 1.62. The standard InChI is InChI=1S/C20H14ClN3O2/c21-15-6-8-16(9-7-15)23-24-17-10-11-19(18(12-17)20(25)26)22-13-14-4-2-1-3-5-14/h1-13H,(H,25,26). The normalized spacial score (nSPS) is 11.3. The summed E-state index contributed by atoms with van der Waals surface area (Å²) in [6.45, 7) is 0. The molecule has 0 fully saturated rings. The molecule has 26 heavy (non-hydrogen) atoms. The van der Waals surface area contributed by atoms with Crippen LogP contribution in [-0.2, 0) is 0 Å². The number of hydrogen-bond acceptors (Lipinski definition) is 4. The lowest BCUT2D eigenvalue weighted by Crippen LogP contribution is -1.96. The van der Waals surface area contributed by atoms with Crippen molar-refractivity contribution in [2.75, 3.05) is 0 Å². The summed E-state index contributed by atoms with van der Waals surface area (Å²) in [5.74, 6) is -1.08. The monoisotopic (exact) mass is 363 g/mol. The molecule has 5 nitrogen and oxygen atoms in total. The van der Waals surface area contributed by atoms with Crippen molar-refractivity contribution in [1.29, 1.82) is 0 Å². The SMILES string of the molecule is O=C(O)c1cc(N=Nc2ccc(Cl)cc2)ccc1N=Cc1ccccc1. The highest BCUT2D eigenvalue weighted by molar-refractivity contribution is 6.30. The molecule has 0 radical (unpaired) electrons. The fourth-order valence-electron chi connectivity index (χ4n) is 2.18. The second-order valence-electron chi connectivity index (χ2n) is 5.35. The molecular weight excluding hydrogens is 350 g/mol. The van der Waals surface area contributed by atoms with E-state index in [0.717, 1.165) is 5.56 Å². The predicted octanol–water partition coefficient (Wildman–Crippen LogP) is 6.20. The summed E-state index contributed by atoms with van der Waals surface area (Å²) in [5.41, 5.74) is 2.35. The summed E-state index contributed by atoms with van der Waals surface area (Å²) in [7, 11) is 0. The quantitative estimate of drug-likeness (QED) is 0.432. The van der Waals surface area contributed by atoms with Crippen molar-refractivity contribution in [2.45, 2.75) is 0 Å². The van der Waals surface area contributed by atoms with Crippen LogP contribution in [-0.4, -0.2) is 17.3 Å². The van der Waals surface area contributed by atoms with Gasteiger partial charge in [-0.05, 0) is 48.0 Å². The van der Waals surface area contributed by atoms with E-state index >= 15 is 0 Å². The Labute approximate surface area is 155 Å². The number of aromatic carboxylic acids is 1. The lowest BCUT2D eigenvalue weighted by molar-refractivity contribution is 0.0698. The Morgan fingerprint density at radius 1 is 0.885 bits per heavy atom. The van der Waals surface area contributed by atoms with Gasteiger partial charge in [0.15, 0.2) is 0 Å². The largest absolute Gasteiger partial charge is 0.478 e. The molecule has 1 N–H and O–H groups in total. The van der Waals surface area contributed by atoms with Crippen LogP contribution in [0.15, 0.2) is 88.0 Å². The molecule has 0 amide bonds. The summed E-state index contributed by atoms with van der Waals surface area (Å²) >= 11 is 5.82. The van der Waals surface area contributed by atoms with E-state index in [0.29, 0.717) is 22.1 Å². The number of carbonyl (C=O) groups is 1. The Kier molecular flexibility index (Phi) is 5.51. The topological polar surface area (TPSA) is 74.4 Å². The number of azo groups is 1. The van der Waals surface area contributed by atoms with E-state index < -0.39 is 5.97 Å². The van der Waals surface area contributed by atoms with Gasteiger partial charge in [-0.15, -0.1) is 0 Å². The number of carboxylic acids is 1. The Bertz CT molecular complexity index is 968. The van der Waals surface area contributed by atoms with Gasteiger partial charge in [-0.3, -0.25) is 4.99 Å². The smallest absolute Gasteiger partial charge is 0.337 e. The molecule has 0 aliphatic carbocycles. The van der Waals surface area contributed by atoms with Crippen LogP contribution in [0.4, 0.5) is 17.1 Å². The second-order valence-corrected chi connectivity index (χ2v) is 5.79. The van der Waals surface area contributed by atoms with Gasteiger partial charge in [-0.2, -0.15) is 10.2 Å². The summed E-state index contributed by atoms with van der Waals surface area (Å²) < 4.78 is 0. The van der Waals surface area contributed by atoms with Crippen LogP contribution in [0, 0.1) is 0 Å². The molecule has 0 heterocycles. The van der Waals surface area contributed by atoms with E-state index in [1.807, 2.05) is 30.3 Å². The molecule has 6 heteroatoms. The minimum absolute atomic E-state index is 0.0599. The molecule has 0 saturated carbocycles. The Balaban J connectivity index is 1.85. The zero-order chi connectivity index (χ0) is 18.4. The highest BCUT2D eigenvalue weighted by Gasteiger charge is 2.10. The van der Waals surface area contributed by atoms with Crippen LogP contribution in [0.2, 0.25) is 5.02 Å². The molecule has 128 valence electrons. The number of hydrogen-bond donors (Lipinski definition) is 1. The zero-order valence-electron chi connectivity index (χ0n) is 13.6. The van der Waals surface area contributed by atoms with Gasteiger partial charge in [0.05, 0.1) is 22.6 Å². The van der Waals surface area contributed by atoms with E-state index in [-0.39, 0.29) is 5.56 Å². The molecule has 0 bridgehead atoms. The van der Waals surface area contributed by atoms with Crippen LogP contribution >= 0.6 is 11.6 Å². The van der Waals surface area contributed by atoms with E-state index in [9.17, 15) is 9.90 Å². The van der Waals surface area contributed by atoms with E-state index in [1.165, 1.54) is 6.07 Å². The minimum atomic E-state index is -1.08. The number of halogens is 1. The van der Waals surface area contributed by atoms with Gasteiger partial charge in [0, 0.05) is 11.2 Å². The van der Waals surface area contributed by atoms with Crippen molar-refractivity contribution in [3.8, 4) is 0 Å². The molecule has 3 aromatic carbocycles.